The molecule has 0 radical (unpaired) electrons. The van der Waals surface area contributed by atoms with Gasteiger partial charge in [0.25, 0.3) is 0 Å². The van der Waals surface area contributed by atoms with Gasteiger partial charge >= 0.3 is 0 Å². The third-order valence-electron chi connectivity index (χ3n) is 2.25. The van der Waals surface area contributed by atoms with Gasteiger partial charge in [0.1, 0.15) is 0 Å². The maximum Gasteiger partial charge on any atom is 0.227 e. The maximum atomic E-state index is 5.93. The van der Waals surface area contributed by atoms with E-state index in [-0.39, 0.29) is 0 Å². The van der Waals surface area contributed by atoms with Crippen molar-refractivity contribution in [3.05, 3.63) is 45.5 Å². The molecule has 0 saturated carbocycles. The van der Waals surface area contributed by atoms with Crippen molar-refractivity contribution in [3.8, 4) is 0 Å². The van der Waals surface area contributed by atoms with Crippen molar-refractivity contribution in [2.24, 2.45) is 0 Å². The minimum absolute atomic E-state index is 0.641. The van der Waals surface area contributed by atoms with Crippen LogP contribution in [0.5, 0.6) is 0 Å². The number of hydrogen-bond acceptors (Lipinski definition) is 4. The van der Waals surface area contributed by atoms with Gasteiger partial charge in [-0.3, -0.25) is 0 Å². The zero-order valence-electron chi connectivity index (χ0n) is 8.99. The number of aromatic nitrogens is 2. The van der Waals surface area contributed by atoms with Gasteiger partial charge in [0.2, 0.25) is 5.89 Å². The van der Waals surface area contributed by atoms with Crippen molar-refractivity contribution in [2.45, 2.75) is 13.0 Å². The molecule has 1 aromatic heterocycles. The Balaban J connectivity index is 1.80. The fourth-order valence-electron chi connectivity index (χ4n) is 1.40. The molecule has 90 valence electrons. The zero-order valence-corrected chi connectivity index (χ0v) is 11.3. The van der Waals surface area contributed by atoms with E-state index >= 15 is 0 Å². The van der Waals surface area contributed by atoms with Crippen LogP contribution < -0.4 is 5.32 Å². The molecule has 0 bridgehead atoms. The smallest absolute Gasteiger partial charge is 0.227 e. The third-order valence-corrected chi connectivity index (χ3v) is 3.25. The zero-order chi connectivity index (χ0) is 12.1. The highest BCUT2D eigenvalue weighted by atomic mass is 79.9. The summed E-state index contributed by atoms with van der Waals surface area (Å²) in [6.45, 7) is 1.52. The van der Waals surface area contributed by atoms with E-state index in [1.54, 1.807) is 0 Å². The first-order valence-corrected chi connectivity index (χ1v) is 6.33. The molecular formula is C11H11BrClN3O. The van der Waals surface area contributed by atoms with Crippen LogP contribution in [0, 0.1) is 0 Å². The molecule has 0 atom stereocenters. The van der Waals surface area contributed by atoms with Crippen LogP contribution in [0.25, 0.3) is 0 Å². The molecule has 0 unspecified atom stereocenters. The Morgan fingerprint density at radius 2 is 2.29 bits per heavy atom. The number of nitrogens with zero attached hydrogens (tertiary/aromatic N) is 2. The van der Waals surface area contributed by atoms with E-state index in [9.17, 15) is 0 Å². The molecule has 2 rings (SSSR count). The van der Waals surface area contributed by atoms with Crippen LogP contribution in [-0.4, -0.2) is 16.7 Å². The quantitative estimate of drug-likeness (QED) is 0.862. The summed E-state index contributed by atoms with van der Waals surface area (Å²) in [6, 6.07) is 5.73. The summed E-state index contributed by atoms with van der Waals surface area (Å²) in [5.74, 6) is 0.641. The molecule has 2 aromatic rings. The van der Waals surface area contributed by atoms with Gasteiger partial charge in [-0.05, 0) is 23.8 Å². The summed E-state index contributed by atoms with van der Waals surface area (Å²) in [5, 5.41) is 7.58. The van der Waals surface area contributed by atoms with E-state index in [1.165, 1.54) is 6.33 Å². The molecule has 0 saturated heterocycles. The average molecular weight is 317 g/mol. The fourth-order valence-corrected chi connectivity index (χ4v) is 1.98. The second-order valence-electron chi connectivity index (χ2n) is 3.50. The van der Waals surface area contributed by atoms with Crippen molar-refractivity contribution in [1.29, 1.82) is 0 Å². The first kappa shape index (κ1) is 12.5. The highest BCUT2D eigenvalue weighted by molar-refractivity contribution is 9.10. The van der Waals surface area contributed by atoms with Crippen LogP contribution in [0.2, 0.25) is 5.02 Å². The number of benzene rings is 1. The summed E-state index contributed by atoms with van der Waals surface area (Å²) < 4.78 is 5.95. The van der Waals surface area contributed by atoms with Crippen LogP contribution in [-0.2, 0) is 13.0 Å². The predicted octanol–water partition coefficient (Wildman–Crippen LogP) is 2.82. The van der Waals surface area contributed by atoms with Crippen molar-refractivity contribution >= 4 is 27.5 Å². The first-order chi connectivity index (χ1) is 8.25. The van der Waals surface area contributed by atoms with E-state index in [2.05, 4.69) is 31.4 Å². The lowest BCUT2D eigenvalue weighted by molar-refractivity contribution is 0.375. The van der Waals surface area contributed by atoms with Gasteiger partial charge < -0.3 is 9.84 Å². The molecule has 17 heavy (non-hydrogen) atoms. The minimum Gasteiger partial charge on any atom is -0.340 e. The standard InChI is InChI=1S/C11H11BrClN3O/c12-10-2-1-9(13)5-8(10)6-14-4-3-11-15-7-16-17-11/h1-2,5,7,14H,3-4,6H2. The van der Waals surface area contributed by atoms with Crippen molar-refractivity contribution < 1.29 is 4.52 Å². The molecule has 0 aliphatic rings. The van der Waals surface area contributed by atoms with E-state index in [1.807, 2.05) is 18.2 Å². The summed E-state index contributed by atoms with van der Waals surface area (Å²) in [6.07, 6.45) is 2.13. The van der Waals surface area contributed by atoms with Gasteiger partial charge in [0, 0.05) is 29.0 Å². The summed E-state index contributed by atoms with van der Waals surface area (Å²) in [4.78, 5) is 3.94. The van der Waals surface area contributed by atoms with Crippen molar-refractivity contribution in [2.75, 3.05) is 6.54 Å². The summed E-state index contributed by atoms with van der Waals surface area (Å²) >= 11 is 9.41. The Morgan fingerprint density at radius 1 is 1.41 bits per heavy atom. The Morgan fingerprint density at radius 3 is 3.06 bits per heavy atom. The van der Waals surface area contributed by atoms with Crippen molar-refractivity contribution in [1.82, 2.24) is 15.5 Å². The normalized spacial score (nSPS) is 10.7. The Kier molecular flexibility index (Phi) is 4.53. The first-order valence-electron chi connectivity index (χ1n) is 5.16. The topological polar surface area (TPSA) is 51.0 Å². The molecule has 0 fully saturated rings. The van der Waals surface area contributed by atoms with Gasteiger partial charge in [0.05, 0.1) is 0 Å². The van der Waals surface area contributed by atoms with Crippen LogP contribution in [0.15, 0.2) is 33.5 Å². The fraction of sp³-hybridized carbons (Fsp3) is 0.273. The van der Waals surface area contributed by atoms with E-state index in [0.717, 1.165) is 34.6 Å². The average Bonchev–Trinajstić information content (AvgIpc) is 2.82. The number of nitrogens with one attached hydrogen (secondary N) is 1. The third kappa shape index (κ3) is 3.80. The largest absolute Gasteiger partial charge is 0.340 e. The van der Waals surface area contributed by atoms with Gasteiger partial charge in [-0.1, -0.05) is 32.7 Å². The second-order valence-corrected chi connectivity index (χ2v) is 4.79. The Bertz CT molecular complexity index is 476. The molecule has 0 spiro atoms. The lowest BCUT2D eigenvalue weighted by Gasteiger charge is -2.06. The molecule has 0 aliphatic heterocycles. The van der Waals surface area contributed by atoms with Crippen LogP contribution in [0.1, 0.15) is 11.5 Å². The van der Waals surface area contributed by atoms with Crippen molar-refractivity contribution in [3.63, 3.8) is 0 Å². The minimum atomic E-state index is 0.641. The predicted molar refractivity (Wildman–Crippen MR) is 68.9 cm³/mol. The van der Waals surface area contributed by atoms with E-state index < -0.39 is 0 Å². The second kappa shape index (κ2) is 6.14. The number of halogens is 2. The van der Waals surface area contributed by atoms with E-state index in [0.29, 0.717) is 5.89 Å². The SMILES string of the molecule is Clc1ccc(Br)c(CNCCc2ncno2)c1. The molecule has 0 aliphatic carbocycles. The highest BCUT2D eigenvalue weighted by Crippen LogP contribution is 2.20. The number of rotatable bonds is 5. The monoisotopic (exact) mass is 315 g/mol. The number of hydrogen-bond donors (Lipinski definition) is 1. The van der Waals surface area contributed by atoms with Gasteiger partial charge in [-0.25, -0.2) is 0 Å². The van der Waals surface area contributed by atoms with E-state index in [4.69, 9.17) is 16.1 Å². The highest BCUT2D eigenvalue weighted by Gasteiger charge is 2.02. The molecular weight excluding hydrogens is 305 g/mol. The van der Waals surface area contributed by atoms with Crippen LogP contribution >= 0.6 is 27.5 Å². The van der Waals surface area contributed by atoms with Gasteiger partial charge in [0.15, 0.2) is 6.33 Å². The molecule has 1 heterocycles. The van der Waals surface area contributed by atoms with Crippen LogP contribution in [0.4, 0.5) is 0 Å². The molecule has 0 amide bonds. The molecule has 6 heteroatoms. The molecule has 4 nitrogen and oxygen atoms in total. The summed E-state index contributed by atoms with van der Waals surface area (Å²) in [5.41, 5.74) is 1.13. The lowest BCUT2D eigenvalue weighted by Crippen LogP contribution is -2.17. The molecule has 1 aromatic carbocycles. The Hall–Kier alpha value is -0.910. The summed E-state index contributed by atoms with van der Waals surface area (Å²) in [7, 11) is 0. The Labute approximate surface area is 112 Å². The van der Waals surface area contributed by atoms with Gasteiger partial charge in [-0.15, -0.1) is 0 Å². The molecule has 1 N–H and O–H groups in total. The van der Waals surface area contributed by atoms with Gasteiger partial charge in [-0.2, -0.15) is 4.98 Å². The lowest BCUT2D eigenvalue weighted by atomic mass is 10.2. The van der Waals surface area contributed by atoms with Crippen LogP contribution in [0.3, 0.4) is 0 Å². The maximum absolute atomic E-state index is 5.93.